The first kappa shape index (κ1) is 20.5. The highest BCUT2D eigenvalue weighted by molar-refractivity contribution is 5.96. The largest absolute Gasteiger partial charge is 0.495 e. The van der Waals surface area contributed by atoms with E-state index in [4.69, 9.17) is 9.47 Å². The predicted octanol–water partition coefficient (Wildman–Crippen LogP) is 2.74. The summed E-state index contributed by atoms with van der Waals surface area (Å²) in [5.74, 6) is 0.824. The molecule has 1 aliphatic heterocycles. The Hall–Kier alpha value is -3.22. The van der Waals surface area contributed by atoms with Crippen LogP contribution in [0.5, 0.6) is 11.5 Å². The van der Waals surface area contributed by atoms with Crippen LogP contribution in [0.3, 0.4) is 0 Å². The summed E-state index contributed by atoms with van der Waals surface area (Å²) in [5.41, 5.74) is 2.43. The third kappa shape index (κ3) is 4.99. The number of carbonyl (C=O) groups is 2. The van der Waals surface area contributed by atoms with Gasteiger partial charge in [-0.1, -0.05) is 25.1 Å². The lowest BCUT2D eigenvalue weighted by molar-refractivity contribution is -0.128. The molecule has 0 aromatic heterocycles. The van der Waals surface area contributed by atoms with Gasteiger partial charge in [0, 0.05) is 6.54 Å². The Morgan fingerprint density at radius 2 is 2.03 bits per heavy atom. The molecule has 0 unspecified atom stereocenters. The summed E-state index contributed by atoms with van der Waals surface area (Å²) in [7, 11) is 1.57. The van der Waals surface area contributed by atoms with Crippen molar-refractivity contribution in [2.45, 2.75) is 26.4 Å². The second-order valence-corrected chi connectivity index (χ2v) is 7.00. The van der Waals surface area contributed by atoms with E-state index in [1.54, 1.807) is 7.11 Å². The number of para-hydroxylation sites is 2. The van der Waals surface area contributed by atoms with E-state index in [1.807, 2.05) is 61.2 Å². The number of nitrogens with zero attached hydrogens (tertiary/aromatic N) is 1. The van der Waals surface area contributed by atoms with Crippen molar-refractivity contribution < 1.29 is 19.1 Å². The van der Waals surface area contributed by atoms with Crippen molar-refractivity contribution in [3.63, 3.8) is 0 Å². The average molecular weight is 397 g/mol. The van der Waals surface area contributed by atoms with Crippen LogP contribution in [0.15, 0.2) is 42.5 Å². The van der Waals surface area contributed by atoms with Gasteiger partial charge in [0.2, 0.25) is 5.91 Å². The van der Waals surface area contributed by atoms with Gasteiger partial charge >= 0.3 is 0 Å². The smallest absolute Gasteiger partial charge is 0.262 e. The minimum Gasteiger partial charge on any atom is -0.495 e. The Bertz CT molecular complexity index is 884. The van der Waals surface area contributed by atoms with Gasteiger partial charge in [-0.15, -0.1) is 0 Å². The summed E-state index contributed by atoms with van der Waals surface area (Å²) in [4.78, 5) is 27.1. The van der Waals surface area contributed by atoms with Crippen LogP contribution in [0.1, 0.15) is 18.9 Å². The summed E-state index contributed by atoms with van der Waals surface area (Å²) in [6.07, 6.45) is 0.178. The van der Waals surface area contributed by atoms with Crippen LogP contribution in [0.25, 0.3) is 0 Å². The Balaban J connectivity index is 1.75. The third-order valence-corrected chi connectivity index (χ3v) is 4.67. The number of amides is 2. The maximum absolute atomic E-state index is 12.8. The molecule has 0 saturated heterocycles. The molecule has 0 saturated carbocycles. The van der Waals surface area contributed by atoms with Crippen LogP contribution < -0.4 is 25.0 Å². The lowest BCUT2D eigenvalue weighted by Crippen LogP contribution is -2.50. The standard InChI is InChI=1S/C22H27N3O4/c1-4-11-23-22(27)20-13-25(17-7-5-6-8-19(17)29-20)14-21(26)24-16-12-15(2)9-10-18(16)28-3/h5-10,12,20H,4,11,13-14H2,1-3H3,(H,23,27)(H,24,26)/t20-/m1/s1. The van der Waals surface area contributed by atoms with Gasteiger partial charge in [-0.3, -0.25) is 9.59 Å². The zero-order valence-corrected chi connectivity index (χ0v) is 17.0. The van der Waals surface area contributed by atoms with Gasteiger partial charge in [0.15, 0.2) is 6.10 Å². The lowest BCUT2D eigenvalue weighted by Gasteiger charge is -2.35. The van der Waals surface area contributed by atoms with Crippen LogP contribution in [0.2, 0.25) is 0 Å². The molecule has 2 N–H and O–H groups in total. The van der Waals surface area contributed by atoms with Gasteiger partial charge in [-0.2, -0.15) is 0 Å². The minimum atomic E-state index is -0.669. The van der Waals surface area contributed by atoms with E-state index in [-0.39, 0.29) is 18.4 Å². The van der Waals surface area contributed by atoms with Gasteiger partial charge < -0.3 is 25.0 Å². The number of rotatable bonds is 7. The second-order valence-electron chi connectivity index (χ2n) is 7.00. The van der Waals surface area contributed by atoms with E-state index in [1.165, 1.54) is 0 Å². The number of methoxy groups -OCH3 is 1. The number of fused-ring (bicyclic) bond motifs is 1. The first-order valence-corrected chi connectivity index (χ1v) is 9.74. The molecule has 1 heterocycles. The molecule has 0 aliphatic carbocycles. The predicted molar refractivity (Wildman–Crippen MR) is 113 cm³/mol. The summed E-state index contributed by atoms with van der Waals surface area (Å²) < 4.78 is 11.2. The molecule has 154 valence electrons. The second kappa shape index (κ2) is 9.32. The molecule has 2 amide bonds. The number of nitrogens with one attached hydrogen (secondary N) is 2. The average Bonchev–Trinajstić information content (AvgIpc) is 2.72. The van der Waals surface area contributed by atoms with E-state index in [0.717, 1.165) is 17.7 Å². The van der Waals surface area contributed by atoms with Crippen LogP contribution in [0.4, 0.5) is 11.4 Å². The highest BCUT2D eigenvalue weighted by Gasteiger charge is 2.31. The molecule has 0 bridgehead atoms. The molecule has 1 aliphatic rings. The van der Waals surface area contributed by atoms with Crippen molar-refractivity contribution in [2.75, 3.05) is 37.0 Å². The van der Waals surface area contributed by atoms with Gasteiger partial charge in [0.05, 0.1) is 31.6 Å². The highest BCUT2D eigenvalue weighted by Crippen LogP contribution is 2.33. The SMILES string of the molecule is CCCNC(=O)[C@H]1CN(CC(=O)Nc2cc(C)ccc2OC)c2ccccc2O1. The summed E-state index contributed by atoms with van der Waals surface area (Å²) in [5, 5.41) is 5.77. The molecule has 0 radical (unpaired) electrons. The van der Waals surface area contributed by atoms with Crippen molar-refractivity contribution in [1.29, 1.82) is 0 Å². The maximum Gasteiger partial charge on any atom is 0.262 e. The number of hydrogen-bond acceptors (Lipinski definition) is 5. The third-order valence-electron chi connectivity index (χ3n) is 4.67. The lowest BCUT2D eigenvalue weighted by atomic mass is 10.1. The molecular formula is C22H27N3O4. The fourth-order valence-electron chi connectivity index (χ4n) is 3.24. The number of carbonyl (C=O) groups excluding carboxylic acids is 2. The maximum atomic E-state index is 12.8. The van der Waals surface area contributed by atoms with E-state index in [2.05, 4.69) is 10.6 Å². The van der Waals surface area contributed by atoms with Crippen LogP contribution in [-0.2, 0) is 9.59 Å². The number of aryl methyl sites for hydroxylation is 1. The monoisotopic (exact) mass is 397 g/mol. The van der Waals surface area contributed by atoms with E-state index in [0.29, 0.717) is 30.3 Å². The Morgan fingerprint density at radius 1 is 1.24 bits per heavy atom. The molecule has 7 nitrogen and oxygen atoms in total. The summed E-state index contributed by atoms with van der Waals surface area (Å²) in [6.45, 7) is 4.92. The van der Waals surface area contributed by atoms with Crippen molar-refractivity contribution in [1.82, 2.24) is 5.32 Å². The van der Waals surface area contributed by atoms with Crippen molar-refractivity contribution >= 4 is 23.2 Å². The molecule has 1 atom stereocenters. The topological polar surface area (TPSA) is 79.9 Å². The van der Waals surface area contributed by atoms with Gasteiger partial charge in [0.25, 0.3) is 5.91 Å². The minimum absolute atomic E-state index is 0.0923. The van der Waals surface area contributed by atoms with Crippen molar-refractivity contribution in [2.24, 2.45) is 0 Å². The molecule has 0 spiro atoms. The number of ether oxygens (including phenoxy) is 2. The quantitative estimate of drug-likeness (QED) is 0.751. The van der Waals surface area contributed by atoms with E-state index < -0.39 is 6.10 Å². The zero-order chi connectivity index (χ0) is 20.8. The van der Waals surface area contributed by atoms with Crippen LogP contribution in [0, 0.1) is 6.92 Å². The first-order valence-electron chi connectivity index (χ1n) is 9.74. The first-order chi connectivity index (χ1) is 14.0. The molecule has 7 heteroatoms. The summed E-state index contributed by atoms with van der Waals surface area (Å²) in [6, 6.07) is 13.0. The van der Waals surface area contributed by atoms with E-state index >= 15 is 0 Å². The van der Waals surface area contributed by atoms with Gasteiger partial charge in [-0.25, -0.2) is 0 Å². The zero-order valence-electron chi connectivity index (χ0n) is 17.0. The Morgan fingerprint density at radius 3 is 2.79 bits per heavy atom. The van der Waals surface area contributed by atoms with Gasteiger partial charge in [-0.05, 0) is 43.2 Å². The fraction of sp³-hybridized carbons (Fsp3) is 0.364. The van der Waals surface area contributed by atoms with Crippen LogP contribution >= 0.6 is 0 Å². The Kier molecular flexibility index (Phi) is 6.59. The molecule has 2 aromatic carbocycles. The van der Waals surface area contributed by atoms with Crippen molar-refractivity contribution in [3.8, 4) is 11.5 Å². The highest BCUT2D eigenvalue weighted by atomic mass is 16.5. The molecule has 29 heavy (non-hydrogen) atoms. The molecule has 2 aromatic rings. The van der Waals surface area contributed by atoms with Gasteiger partial charge in [0.1, 0.15) is 11.5 Å². The Labute approximate surface area is 171 Å². The number of benzene rings is 2. The normalized spacial score (nSPS) is 15.1. The van der Waals surface area contributed by atoms with Crippen molar-refractivity contribution in [3.05, 3.63) is 48.0 Å². The molecular weight excluding hydrogens is 370 g/mol. The molecule has 0 fully saturated rings. The molecule has 3 rings (SSSR count). The number of anilines is 2. The number of hydrogen-bond donors (Lipinski definition) is 2. The van der Waals surface area contributed by atoms with E-state index in [9.17, 15) is 9.59 Å². The fourth-order valence-corrected chi connectivity index (χ4v) is 3.24. The summed E-state index contributed by atoms with van der Waals surface area (Å²) >= 11 is 0. The van der Waals surface area contributed by atoms with Crippen LogP contribution in [-0.4, -0.2) is 44.7 Å².